The first-order chi connectivity index (χ1) is 5.70. The molecule has 0 fully saturated rings. The van der Waals surface area contributed by atoms with E-state index in [9.17, 15) is 9.59 Å². The minimum Gasteiger partial charge on any atom is -0.393 e. The van der Waals surface area contributed by atoms with Gasteiger partial charge < -0.3 is 4.74 Å². The summed E-state index contributed by atoms with van der Waals surface area (Å²) in [6.07, 6.45) is 3.34. The molecule has 0 rings (SSSR count). The molecule has 66 valence electrons. The predicted molar refractivity (Wildman–Crippen MR) is 49.6 cm³/mol. The van der Waals surface area contributed by atoms with Gasteiger partial charge in [0.05, 0.1) is 12.8 Å². The van der Waals surface area contributed by atoms with Crippen molar-refractivity contribution in [1.82, 2.24) is 0 Å². The zero-order chi connectivity index (χ0) is 9.40. The molecule has 0 saturated carbocycles. The molecule has 0 saturated heterocycles. The molecule has 3 nitrogen and oxygen atoms in total. The van der Waals surface area contributed by atoms with Crippen LogP contribution in [0.3, 0.4) is 0 Å². The van der Waals surface area contributed by atoms with E-state index in [1.165, 1.54) is 6.08 Å². The molecule has 0 aromatic rings. The van der Waals surface area contributed by atoms with E-state index in [0.29, 0.717) is 0 Å². The van der Waals surface area contributed by atoms with E-state index in [1.54, 1.807) is 6.08 Å². The summed E-state index contributed by atoms with van der Waals surface area (Å²) >= 11 is 0. The standard InChI is InChI=1S/C8H12O3Si/c1-2-4-7(9)11-8(10)5-3-6-12/h2-3,6H,1,4-5H2,12H3. The summed E-state index contributed by atoms with van der Waals surface area (Å²) in [6, 6.07) is 0. The largest absolute Gasteiger partial charge is 0.393 e. The van der Waals surface area contributed by atoms with Crippen molar-refractivity contribution in [1.29, 1.82) is 0 Å². The topological polar surface area (TPSA) is 43.4 Å². The van der Waals surface area contributed by atoms with Crippen molar-refractivity contribution in [2.45, 2.75) is 12.8 Å². The van der Waals surface area contributed by atoms with E-state index < -0.39 is 11.9 Å². The second-order valence-electron chi connectivity index (χ2n) is 2.11. The Morgan fingerprint density at radius 3 is 2.42 bits per heavy atom. The lowest BCUT2D eigenvalue weighted by Gasteiger charge is -1.96. The number of hydrogen-bond acceptors (Lipinski definition) is 3. The van der Waals surface area contributed by atoms with E-state index >= 15 is 0 Å². The first kappa shape index (κ1) is 10.8. The van der Waals surface area contributed by atoms with Gasteiger partial charge in [0, 0.05) is 10.2 Å². The Balaban J connectivity index is 3.68. The number of ether oxygens (including phenoxy) is 1. The van der Waals surface area contributed by atoms with Crippen LogP contribution >= 0.6 is 0 Å². The molecule has 0 unspecified atom stereocenters. The fraction of sp³-hybridized carbons (Fsp3) is 0.250. The number of rotatable bonds is 4. The lowest BCUT2D eigenvalue weighted by Crippen LogP contribution is -2.10. The highest BCUT2D eigenvalue weighted by molar-refractivity contribution is 6.17. The summed E-state index contributed by atoms with van der Waals surface area (Å²) in [5.74, 6) is -1.05. The van der Waals surface area contributed by atoms with Gasteiger partial charge in [0.25, 0.3) is 0 Å². The van der Waals surface area contributed by atoms with Crippen molar-refractivity contribution in [2.75, 3.05) is 0 Å². The van der Waals surface area contributed by atoms with Crippen molar-refractivity contribution < 1.29 is 14.3 Å². The Labute approximate surface area is 74.5 Å². The van der Waals surface area contributed by atoms with Gasteiger partial charge in [-0.2, -0.15) is 0 Å². The second-order valence-corrected chi connectivity index (χ2v) is 2.78. The Kier molecular flexibility index (Phi) is 5.91. The van der Waals surface area contributed by atoms with E-state index in [1.807, 2.05) is 5.70 Å². The summed E-state index contributed by atoms with van der Waals surface area (Å²) in [7, 11) is 0.905. The maximum absolute atomic E-state index is 10.8. The fourth-order valence-corrected chi connectivity index (χ4v) is 0.778. The molecule has 4 heteroatoms. The maximum Gasteiger partial charge on any atom is 0.317 e. The van der Waals surface area contributed by atoms with Crippen molar-refractivity contribution in [3.05, 3.63) is 24.4 Å². The van der Waals surface area contributed by atoms with E-state index in [-0.39, 0.29) is 12.8 Å². The highest BCUT2D eigenvalue weighted by Gasteiger charge is 2.05. The van der Waals surface area contributed by atoms with Gasteiger partial charge in [0.2, 0.25) is 0 Å². The van der Waals surface area contributed by atoms with Gasteiger partial charge in [0.1, 0.15) is 0 Å². The second kappa shape index (κ2) is 6.54. The van der Waals surface area contributed by atoms with Crippen LogP contribution < -0.4 is 0 Å². The molecule has 0 spiro atoms. The van der Waals surface area contributed by atoms with E-state index in [4.69, 9.17) is 0 Å². The van der Waals surface area contributed by atoms with Crippen molar-refractivity contribution in [3.8, 4) is 0 Å². The summed E-state index contributed by atoms with van der Waals surface area (Å²) < 4.78 is 4.41. The SMILES string of the molecule is C=CCC(=O)OC(=O)CC=C[SiH3]. The molecule has 12 heavy (non-hydrogen) atoms. The number of carbonyl (C=O) groups is 2. The zero-order valence-electron chi connectivity index (χ0n) is 7.08. The minimum absolute atomic E-state index is 0.0797. The maximum atomic E-state index is 10.8. The quantitative estimate of drug-likeness (QED) is 0.265. The van der Waals surface area contributed by atoms with Crippen LogP contribution in [0.5, 0.6) is 0 Å². The molecule has 0 radical (unpaired) electrons. The van der Waals surface area contributed by atoms with Gasteiger partial charge in [-0.1, -0.05) is 12.2 Å². The van der Waals surface area contributed by atoms with E-state index in [0.717, 1.165) is 10.2 Å². The number of carbonyl (C=O) groups excluding carboxylic acids is 2. The molecular weight excluding hydrogens is 172 g/mol. The van der Waals surface area contributed by atoms with Crippen LogP contribution in [-0.4, -0.2) is 22.2 Å². The van der Waals surface area contributed by atoms with Crippen LogP contribution in [0.4, 0.5) is 0 Å². The molecule has 0 amide bonds. The number of hydrogen-bond donors (Lipinski definition) is 0. The van der Waals surface area contributed by atoms with Gasteiger partial charge in [-0.25, -0.2) is 0 Å². The Morgan fingerprint density at radius 2 is 1.92 bits per heavy atom. The van der Waals surface area contributed by atoms with Gasteiger partial charge >= 0.3 is 11.9 Å². The van der Waals surface area contributed by atoms with Gasteiger partial charge in [-0.15, -0.1) is 12.3 Å². The smallest absolute Gasteiger partial charge is 0.317 e. The Morgan fingerprint density at radius 1 is 1.33 bits per heavy atom. The highest BCUT2D eigenvalue weighted by atomic mass is 28.1. The predicted octanol–water partition coefficient (Wildman–Crippen LogP) is -0.0985. The fourth-order valence-electron chi connectivity index (χ4n) is 0.542. The van der Waals surface area contributed by atoms with Crippen LogP contribution in [0.2, 0.25) is 0 Å². The monoisotopic (exact) mass is 184 g/mol. The molecule has 0 aliphatic heterocycles. The third kappa shape index (κ3) is 5.61. The molecule has 0 aromatic carbocycles. The zero-order valence-corrected chi connectivity index (χ0v) is 9.08. The normalized spacial score (nSPS) is 10.0. The summed E-state index contributed by atoms with van der Waals surface area (Å²) in [4.78, 5) is 21.5. The lowest BCUT2D eigenvalue weighted by atomic mass is 10.4. The van der Waals surface area contributed by atoms with Crippen LogP contribution in [0, 0.1) is 0 Å². The number of esters is 2. The van der Waals surface area contributed by atoms with Crippen LogP contribution in [0.25, 0.3) is 0 Å². The van der Waals surface area contributed by atoms with Gasteiger partial charge in [-0.3, -0.25) is 9.59 Å². The first-order valence-corrected chi connectivity index (χ1v) is 4.81. The molecule has 0 bridgehead atoms. The summed E-state index contributed by atoms with van der Waals surface area (Å²) in [5, 5.41) is 0. The highest BCUT2D eigenvalue weighted by Crippen LogP contribution is 1.92. The van der Waals surface area contributed by atoms with Crippen molar-refractivity contribution in [3.63, 3.8) is 0 Å². The molecule has 0 heterocycles. The average Bonchev–Trinajstić information content (AvgIpc) is 2.01. The third-order valence-corrected chi connectivity index (χ3v) is 1.53. The van der Waals surface area contributed by atoms with E-state index in [2.05, 4.69) is 11.3 Å². The van der Waals surface area contributed by atoms with Crippen molar-refractivity contribution >= 4 is 22.2 Å². The molecule has 0 aliphatic rings. The minimum atomic E-state index is -0.545. The molecular formula is C8H12O3Si. The Bertz CT molecular complexity index is 208. The summed E-state index contributed by atoms with van der Waals surface area (Å²) in [6.45, 7) is 3.35. The Hall–Kier alpha value is -1.16. The third-order valence-electron chi connectivity index (χ3n) is 1.06. The van der Waals surface area contributed by atoms with Gasteiger partial charge in [-0.05, 0) is 0 Å². The summed E-state index contributed by atoms with van der Waals surface area (Å²) in [5.41, 5.74) is 1.86. The molecule has 0 N–H and O–H groups in total. The van der Waals surface area contributed by atoms with Gasteiger partial charge in [0.15, 0.2) is 0 Å². The average molecular weight is 184 g/mol. The van der Waals surface area contributed by atoms with Crippen LogP contribution in [-0.2, 0) is 14.3 Å². The first-order valence-electron chi connectivity index (χ1n) is 3.66. The molecule has 0 aliphatic carbocycles. The lowest BCUT2D eigenvalue weighted by molar-refractivity contribution is -0.158. The molecule has 0 aromatic heterocycles. The van der Waals surface area contributed by atoms with Crippen molar-refractivity contribution in [2.24, 2.45) is 0 Å². The van der Waals surface area contributed by atoms with Crippen LogP contribution in [0.1, 0.15) is 12.8 Å². The molecule has 0 atom stereocenters. The van der Waals surface area contributed by atoms with Crippen LogP contribution in [0.15, 0.2) is 24.4 Å².